The topological polar surface area (TPSA) is 70.1 Å². The first-order valence-electron chi connectivity index (χ1n) is 6.36. The van der Waals surface area contributed by atoms with Crippen LogP contribution in [0.4, 0.5) is 5.69 Å². The first kappa shape index (κ1) is 13.7. The lowest BCUT2D eigenvalue weighted by Crippen LogP contribution is -2.40. The maximum Gasteiger partial charge on any atom is 0.236 e. The van der Waals surface area contributed by atoms with E-state index in [9.17, 15) is 4.79 Å². The molecule has 0 bridgehead atoms. The van der Waals surface area contributed by atoms with Crippen molar-refractivity contribution in [1.82, 2.24) is 0 Å². The van der Waals surface area contributed by atoms with Crippen molar-refractivity contribution in [2.24, 2.45) is 5.73 Å². The molecule has 4 nitrogen and oxygen atoms in total. The van der Waals surface area contributed by atoms with Crippen LogP contribution in [0.15, 0.2) is 18.2 Å². The molecule has 0 spiro atoms. The van der Waals surface area contributed by atoms with Crippen LogP contribution in [0.1, 0.15) is 31.2 Å². The average molecular weight is 278 g/mol. The number of hydrogen-bond acceptors (Lipinski definition) is 3. The number of carbonyl (C=O) groups excluding carboxylic acids is 1. The highest BCUT2D eigenvalue weighted by molar-refractivity contribution is 6.32. The first-order chi connectivity index (χ1) is 9.11. The molecule has 2 rings (SSSR count). The molecule has 1 aromatic rings. The fourth-order valence-electron chi connectivity index (χ4n) is 2.59. The van der Waals surface area contributed by atoms with Crippen molar-refractivity contribution in [3.05, 3.63) is 28.8 Å². The van der Waals surface area contributed by atoms with Crippen LogP contribution in [-0.2, 0) is 4.79 Å². The van der Waals surface area contributed by atoms with Crippen molar-refractivity contribution in [3.63, 3.8) is 0 Å². The van der Waals surface area contributed by atoms with Gasteiger partial charge in [0.25, 0.3) is 0 Å². The van der Waals surface area contributed by atoms with E-state index in [1.54, 1.807) is 12.1 Å². The second-order valence-corrected chi connectivity index (χ2v) is 5.22. The van der Waals surface area contributed by atoms with E-state index in [1.807, 2.05) is 17.0 Å². The van der Waals surface area contributed by atoms with Gasteiger partial charge >= 0.3 is 0 Å². The Hall–Kier alpha value is -1.73. The van der Waals surface area contributed by atoms with Crippen molar-refractivity contribution in [1.29, 1.82) is 5.26 Å². The number of benzene rings is 1. The van der Waals surface area contributed by atoms with Crippen LogP contribution in [0.25, 0.3) is 0 Å². The molecule has 0 radical (unpaired) electrons. The van der Waals surface area contributed by atoms with Crippen molar-refractivity contribution in [2.75, 3.05) is 11.4 Å². The zero-order chi connectivity index (χ0) is 13.8. The lowest BCUT2D eigenvalue weighted by molar-refractivity contribution is -0.116. The third-order valence-electron chi connectivity index (χ3n) is 3.50. The number of nitriles is 1. The van der Waals surface area contributed by atoms with Crippen LogP contribution in [0.3, 0.4) is 0 Å². The molecule has 1 fully saturated rings. The van der Waals surface area contributed by atoms with Gasteiger partial charge in [0.1, 0.15) is 6.07 Å². The minimum atomic E-state index is -0.354. The number of nitrogens with two attached hydrogens (primary N) is 1. The van der Waals surface area contributed by atoms with Gasteiger partial charge in [-0.2, -0.15) is 5.26 Å². The highest BCUT2D eigenvalue weighted by Crippen LogP contribution is 2.30. The van der Waals surface area contributed by atoms with E-state index in [-0.39, 0.29) is 12.5 Å². The maximum absolute atomic E-state index is 11.2. The standard InChI is InChI=1S/C14H16ClN3O/c15-13-7-12(6-5-10(13)8-16)18(9-14(17)19)11-3-1-2-4-11/h5-7,11H,1-4,9H2,(H2,17,19). The number of primary amides is 1. The predicted octanol–water partition coefficient (Wildman–Crippen LogP) is 2.45. The van der Waals surface area contributed by atoms with E-state index < -0.39 is 0 Å². The maximum atomic E-state index is 11.2. The fraction of sp³-hybridized carbons (Fsp3) is 0.429. The van der Waals surface area contributed by atoms with E-state index in [0.29, 0.717) is 16.6 Å². The monoisotopic (exact) mass is 277 g/mol. The van der Waals surface area contributed by atoms with Gasteiger partial charge in [0.2, 0.25) is 5.91 Å². The van der Waals surface area contributed by atoms with Gasteiger partial charge in [0.05, 0.1) is 17.1 Å². The van der Waals surface area contributed by atoms with E-state index in [1.165, 1.54) is 12.8 Å². The summed E-state index contributed by atoms with van der Waals surface area (Å²) >= 11 is 6.05. The van der Waals surface area contributed by atoms with E-state index >= 15 is 0 Å². The molecule has 0 aromatic heterocycles. The summed E-state index contributed by atoms with van der Waals surface area (Å²) in [6.07, 6.45) is 4.46. The summed E-state index contributed by atoms with van der Waals surface area (Å²) in [6.45, 7) is 0.187. The molecule has 19 heavy (non-hydrogen) atoms. The van der Waals surface area contributed by atoms with Gasteiger partial charge in [-0.3, -0.25) is 4.79 Å². The van der Waals surface area contributed by atoms with Gasteiger partial charge < -0.3 is 10.6 Å². The Morgan fingerprint density at radius 3 is 2.68 bits per heavy atom. The van der Waals surface area contributed by atoms with Crippen LogP contribution >= 0.6 is 11.6 Å². The zero-order valence-electron chi connectivity index (χ0n) is 10.6. The van der Waals surface area contributed by atoms with Crippen LogP contribution in [-0.4, -0.2) is 18.5 Å². The van der Waals surface area contributed by atoms with Crippen molar-refractivity contribution < 1.29 is 4.79 Å². The SMILES string of the molecule is N#Cc1ccc(N(CC(N)=O)C2CCCC2)cc1Cl. The van der Waals surface area contributed by atoms with E-state index in [0.717, 1.165) is 18.5 Å². The number of amides is 1. The molecular formula is C14H16ClN3O. The summed E-state index contributed by atoms with van der Waals surface area (Å²) in [5.74, 6) is -0.354. The van der Waals surface area contributed by atoms with Crippen molar-refractivity contribution in [2.45, 2.75) is 31.7 Å². The lowest BCUT2D eigenvalue weighted by Gasteiger charge is -2.30. The quantitative estimate of drug-likeness (QED) is 0.919. The molecule has 0 heterocycles. The summed E-state index contributed by atoms with van der Waals surface area (Å²) < 4.78 is 0. The molecule has 0 saturated heterocycles. The minimum absolute atomic E-state index is 0.187. The molecule has 1 amide bonds. The summed E-state index contributed by atoms with van der Waals surface area (Å²) in [6, 6.07) is 7.60. The molecule has 0 unspecified atom stereocenters. The molecule has 1 aliphatic rings. The summed E-state index contributed by atoms with van der Waals surface area (Å²) in [7, 11) is 0. The second-order valence-electron chi connectivity index (χ2n) is 4.81. The van der Waals surface area contributed by atoms with Crippen LogP contribution in [0, 0.1) is 11.3 Å². The molecule has 0 aliphatic heterocycles. The minimum Gasteiger partial charge on any atom is -0.368 e. The molecular weight excluding hydrogens is 262 g/mol. The third-order valence-corrected chi connectivity index (χ3v) is 3.81. The molecule has 100 valence electrons. The number of hydrogen-bond donors (Lipinski definition) is 1. The Labute approximate surface area is 117 Å². The first-order valence-corrected chi connectivity index (χ1v) is 6.74. The van der Waals surface area contributed by atoms with Gasteiger partial charge in [-0.25, -0.2) is 0 Å². The Morgan fingerprint density at radius 2 is 2.16 bits per heavy atom. The average Bonchev–Trinajstić information content (AvgIpc) is 2.89. The van der Waals surface area contributed by atoms with Gasteiger partial charge in [-0.1, -0.05) is 24.4 Å². The van der Waals surface area contributed by atoms with Gasteiger partial charge in [0.15, 0.2) is 0 Å². The Kier molecular flexibility index (Phi) is 4.28. The lowest BCUT2D eigenvalue weighted by atomic mass is 10.1. The van der Waals surface area contributed by atoms with Crippen molar-refractivity contribution in [3.8, 4) is 6.07 Å². The second kappa shape index (κ2) is 5.94. The van der Waals surface area contributed by atoms with Gasteiger partial charge in [-0.15, -0.1) is 0 Å². The fourth-order valence-corrected chi connectivity index (χ4v) is 2.81. The van der Waals surface area contributed by atoms with Gasteiger partial charge in [-0.05, 0) is 31.0 Å². The number of rotatable bonds is 4. The normalized spacial score (nSPS) is 15.2. The number of halogens is 1. The molecule has 1 aromatic carbocycles. The molecule has 1 aliphatic carbocycles. The largest absolute Gasteiger partial charge is 0.368 e. The predicted molar refractivity (Wildman–Crippen MR) is 75.0 cm³/mol. The van der Waals surface area contributed by atoms with Crippen molar-refractivity contribution >= 4 is 23.2 Å². The number of carbonyl (C=O) groups is 1. The smallest absolute Gasteiger partial charge is 0.236 e. The zero-order valence-corrected chi connectivity index (χ0v) is 11.4. The molecule has 1 saturated carbocycles. The number of anilines is 1. The molecule has 0 atom stereocenters. The van der Waals surface area contributed by atoms with E-state index in [2.05, 4.69) is 0 Å². The Bertz CT molecular complexity index is 518. The van der Waals surface area contributed by atoms with Gasteiger partial charge in [0, 0.05) is 11.7 Å². The summed E-state index contributed by atoms with van der Waals surface area (Å²) in [4.78, 5) is 13.2. The van der Waals surface area contributed by atoms with Crippen LogP contribution in [0.5, 0.6) is 0 Å². The summed E-state index contributed by atoms with van der Waals surface area (Å²) in [5, 5.41) is 9.29. The summed E-state index contributed by atoms with van der Waals surface area (Å²) in [5.41, 5.74) is 6.62. The van der Waals surface area contributed by atoms with E-state index in [4.69, 9.17) is 22.6 Å². The molecule has 2 N–H and O–H groups in total. The highest BCUT2D eigenvalue weighted by atomic mass is 35.5. The van der Waals surface area contributed by atoms with Crippen LogP contribution in [0.2, 0.25) is 5.02 Å². The number of nitrogens with zero attached hydrogens (tertiary/aromatic N) is 2. The Balaban J connectivity index is 2.29. The third kappa shape index (κ3) is 3.18. The highest BCUT2D eigenvalue weighted by Gasteiger charge is 2.24. The van der Waals surface area contributed by atoms with Crippen LogP contribution < -0.4 is 10.6 Å². The Morgan fingerprint density at radius 1 is 1.47 bits per heavy atom. The molecule has 5 heteroatoms.